The van der Waals surface area contributed by atoms with Crippen molar-refractivity contribution in [3.63, 3.8) is 0 Å². The van der Waals surface area contributed by atoms with Gasteiger partial charge in [0, 0.05) is 12.6 Å². The average Bonchev–Trinajstić information content (AvgIpc) is 2.34. The van der Waals surface area contributed by atoms with Crippen molar-refractivity contribution in [2.45, 2.75) is 13.3 Å². The fourth-order valence-corrected chi connectivity index (χ4v) is 1.31. The van der Waals surface area contributed by atoms with E-state index in [1.165, 1.54) is 0 Å². The van der Waals surface area contributed by atoms with Crippen molar-refractivity contribution in [2.24, 2.45) is 0 Å². The number of rotatable bonds is 6. The van der Waals surface area contributed by atoms with Gasteiger partial charge in [0.25, 0.3) is 0 Å². The van der Waals surface area contributed by atoms with E-state index in [4.69, 9.17) is 5.11 Å². The van der Waals surface area contributed by atoms with E-state index in [0.717, 1.165) is 18.7 Å². The van der Waals surface area contributed by atoms with Crippen molar-refractivity contribution < 1.29 is 14.8 Å². The van der Waals surface area contributed by atoms with Gasteiger partial charge in [0.1, 0.15) is 17.6 Å². The van der Waals surface area contributed by atoms with E-state index < -0.39 is 16.6 Å². The van der Waals surface area contributed by atoms with Crippen LogP contribution in [0.5, 0.6) is 0 Å². The molecule has 0 amide bonds. The van der Waals surface area contributed by atoms with Crippen molar-refractivity contribution >= 4 is 17.5 Å². The van der Waals surface area contributed by atoms with Crippen molar-refractivity contribution in [3.8, 4) is 0 Å². The normalized spacial score (nSPS) is 10.5. The highest BCUT2D eigenvalue weighted by Crippen LogP contribution is 2.20. The average molecular weight is 251 g/mol. The summed E-state index contributed by atoms with van der Waals surface area (Å²) in [6, 6.07) is 1.16. The molecule has 2 N–H and O–H groups in total. The molecule has 0 saturated carbocycles. The number of carboxylic acids is 1. The Hall–Kier alpha value is -2.44. The van der Waals surface area contributed by atoms with Crippen LogP contribution in [0.2, 0.25) is 0 Å². The Balaban J connectivity index is 2.86. The number of hydrogen-bond donors (Lipinski definition) is 2. The fourth-order valence-electron chi connectivity index (χ4n) is 1.31. The molecule has 0 unspecified atom stereocenters. The van der Waals surface area contributed by atoms with Gasteiger partial charge in [-0.05, 0) is 13.3 Å². The van der Waals surface area contributed by atoms with Crippen LogP contribution in [0, 0.1) is 10.1 Å². The lowest BCUT2D eigenvalue weighted by atomic mass is 10.2. The number of allylic oxidation sites excluding steroid dienone is 1. The zero-order valence-corrected chi connectivity index (χ0v) is 9.79. The minimum atomic E-state index is -1.35. The number of nitro groups is 1. The molecule has 7 nitrogen and oxygen atoms in total. The standard InChI is InChI=1S/C11H13N3O4/c1-2-3-4-5-12-10-6-8(11(15)16)9(7-13-10)14(17)18/h2-3,6-7H,4-5H2,1H3,(H,12,13)(H,15,16)/b3-2+. The highest BCUT2D eigenvalue weighted by atomic mass is 16.6. The molecule has 1 aromatic rings. The van der Waals surface area contributed by atoms with Gasteiger partial charge in [0.15, 0.2) is 0 Å². The fraction of sp³-hybridized carbons (Fsp3) is 0.273. The molecule has 0 bridgehead atoms. The number of anilines is 1. The van der Waals surface area contributed by atoms with E-state index in [9.17, 15) is 14.9 Å². The topological polar surface area (TPSA) is 105 Å². The predicted octanol–water partition coefficient (Wildman–Crippen LogP) is 2.07. The third kappa shape index (κ3) is 3.55. The Morgan fingerprint density at radius 2 is 2.39 bits per heavy atom. The maximum atomic E-state index is 10.9. The molecular formula is C11H13N3O4. The number of nitrogens with zero attached hydrogens (tertiary/aromatic N) is 2. The van der Waals surface area contributed by atoms with E-state index in [1.54, 1.807) is 0 Å². The first-order valence-corrected chi connectivity index (χ1v) is 5.29. The van der Waals surface area contributed by atoms with Gasteiger partial charge >= 0.3 is 11.7 Å². The van der Waals surface area contributed by atoms with Gasteiger partial charge in [-0.1, -0.05) is 12.2 Å². The highest BCUT2D eigenvalue weighted by molar-refractivity contribution is 5.93. The third-order valence-corrected chi connectivity index (χ3v) is 2.16. The first-order chi connectivity index (χ1) is 8.56. The Morgan fingerprint density at radius 1 is 1.67 bits per heavy atom. The van der Waals surface area contributed by atoms with Crippen LogP contribution in [-0.4, -0.2) is 27.5 Å². The van der Waals surface area contributed by atoms with Crippen LogP contribution in [0.25, 0.3) is 0 Å². The summed E-state index contributed by atoms with van der Waals surface area (Å²) in [4.78, 5) is 24.5. The molecule has 0 radical (unpaired) electrons. The SMILES string of the molecule is C/C=C/CCNc1cc(C(=O)O)c([N+](=O)[O-])cn1. The second kappa shape index (κ2) is 6.33. The van der Waals surface area contributed by atoms with Gasteiger partial charge in [0.2, 0.25) is 0 Å². The number of aromatic carboxylic acids is 1. The lowest BCUT2D eigenvalue weighted by Crippen LogP contribution is -2.07. The predicted molar refractivity (Wildman–Crippen MR) is 65.8 cm³/mol. The van der Waals surface area contributed by atoms with Crippen LogP contribution < -0.4 is 5.32 Å². The number of carboxylic acid groups (broad SMARTS) is 1. The van der Waals surface area contributed by atoms with Crippen molar-refractivity contribution in [1.82, 2.24) is 4.98 Å². The van der Waals surface area contributed by atoms with Crippen LogP contribution in [-0.2, 0) is 0 Å². The molecule has 1 aromatic heterocycles. The summed E-state index contributed by atoms with van der Waals surface area (Å²) in [5.74, 6) is -1.04. The number of hydrogen-bond acceptors (Lipinski definition) is 5. The Morgan fingerprint density at radius 3 is 2.94 bits per heavy atom. The van der Waals surface area contributed by atoms with E-state index in [-0.39, 0.29) is 5.56 Å². The van der Waals surface area contributed by atoms with E-state index in [1.807, 2.05) is 19.1 Å². The minimum Gasteiger partial charge on any atom is -0.477 e. The quantitative estimate of drug-likeness (QED) is 0.347. The summed E-state index contributed by atoms with van der Waals surface area (Å²) in [7, 11) is 0. The number of carbonyl (C=O) groups is 1. The summed E-state index contributed by atoms with van der Waals surface area (Å²) in [5.41, 5.74) is -0.884. The van der Waals surface area contributed by atoms with Crippen LogP contribution in [0.15, 0.2) is 24.4 Å². The molecule has 0 spiro atoms. The molecule has 0 aromatic carbocycles. The highest BCUT2D eigenvalue weighted by Gasteiger charge is 2.20. The van der Waals surface area contributed by atoms with Crippen LogP contribution in [0.4, 0.5) is 11.5 Å². The summed E-state index contributed by atoms with van der Waals surface area (Å²) >= 11 is 0. The molecule has 0 fully saturated rings. The molecule has 0 saturated heterocycles. The molecule has 96 valence electrons. The van der Waals surface area contributed by atoms with Gasteiger partial charge in [-0.2, -0.15) is 0 Å². The van der Waals surface area contributed by atoms with Crippen LogP contribution in [0.1, 0.15) is 23.7 Å². The van der Waals surface area contributed by atoms with Crippen LogP contribution in [0.3, 0.4) is 0 Å². The van der Waals surface area contributed by atoms with Crippen molar-refractivity contribution in [3.05, 3.63) is 40.1 Å². The van der Waals surface area contributed by atoms with E-state index in [2.05, 4.69) is 10.3 Å². The van der Waals surface area contributed by atoms with Gasteiger partial charge in [0.05, 0.1) is 4.92 Å². The molecular weight excluding hydrogens is 238 g/mol. The Labute approximate surface area is 103 Å². The monoisotopic (exact) mass is 251 g/mol. The zero-order valence-electron chi connectivity index (χ0n) is 9.79. The molecule has 18 heavy (non-hydrogen) atoms. The number of aromatic nitrogens is 1. The lowest BCUT2D eigenvalue weighted by Gasteiger charge is -2.04. The maximum Gasteiger partial charge on any atom is 0.342 e. The third-order valence-electron chi connectivity index (χ3n) is 2.16. The molecule has 0 atom stereocenters. The first-order valence-electron chi connectivity index (χ1n) is 5.29. The lowest BCUT2D eigenvalue weighted by molar-refractivity contribution is -0.385. The van der Waals surface area contributed by atoms with Crippen molar-refractivity contribution in [1.29, 1.82) is 0 Å². The van der Waals surface area contributed by atoms with Gasteiger partial charge in [-0.15, -0.1) is 0 Å². The first kappa shape index (κ1) is 13.6. The Bertz CT molecular complexity index is 485. The van der Waals surface area contributed by atoms with Gasteiger partial charge in [-0.25, -0.2) is 9.78 Å². The second-order valence-corrected chi connectivity index (χ2v) is 3.43. The van der Waals surface area contributed by atoms with Gasteiger partial charge in [-0.3, -0.25) is 10.1 Å². The van der Waals surface area contributed by atoms with E-state index >= 15 is 0 Å². The Kier molecular flexibility index (Phi) is 4.79. The van der Waals surface area contributed by atoms with E-state index in [0.29, 0.717) is 12.4 Å². The summed E-state index contributed by atoms with van der Waals surface area (Å²) in [6.45, 7) is 2.47. The maximum absolute atomic E-state index is 10.9. The second-order valence-electron chi connectivity index (χ2n) is 3.43. The number of pyridine rings is 1. The van der Waals surface area contributed by atoms with Crippen LogP contribution >= 0.6 is 0 Å². The zero-order chi connectivity index (χ0) is 13.5. The molecule has 1 rings (SSSR count). The summed E-state index contributed by atoms with van der Waals surface area (Å²) in [5, 5.41) is 22.4. The largest absolute Gasteiger partial charge is 0.477 e. The molecule has 0 aliphatic heterocycles. The van der Waals surface area contributed by atoms with Crippen molar-refractivity contribution in [2.75, 3.05) is 11.9 Å². The molecule has 7 heteroatoms. The number of nitrogens with one attached hydrogen (secondary N) is 1. The minimum absolute atomic E-state index is 0.308. The smallest absolute Gasteiger partial charge is 0.342 e. The summed E-state index contributed by atoms with van der Waals surface area (Å²) < 4.78 is 0. The van der Waals surface area contributed by atoms with Gasteiger partial charge < -0.3 is 10.4 Å². The molecule has 0 aliphatic carbocycles. The molecule has 0 aliphatic rings. The molecule has 1 heterocycles. The summed E-state index contributed by atoms with van der Waals surface area (Å²) in [6.07, 6.45) is 5.54.